The highest BCUT2D eigenvalue weighted by Crippen LogP contribution is 2.53. The molecular weight excluding hydrogens is 285 g/mol. The van der Waals surface area contributed by atoms with E-state index in [1.54, 1.807) is 0 Å². The molecule has 0 aromatic rings. The highest BCUT2D eigenvalue weighted by atomic mass is 35.5. The van der Waals surface area contributed by atoms with Crippen molar-refractivity contribution in [2.75, 3.05) is 0 Å². The van der Waals surface area contributed by atoms with Crippen molar-refractivity contribution in [2.24, 2.45) is 5.92 Å². The Bertz CT molecular complexity index is 415. The molecule has 7 heteroatoms. The van der Waals surface area contributed by atoms with Gasteiger partial charge in [-0.15, -0.1) is 23.2 Å². The van der Waals surface area contributed by atoms with Crippen LogP contribution in [0.1, 0.15) is 38.5 Å². The van der Waals surface area contributed by atoms with Gasteiger partial charge in [0.25, 0.3) is 0 Å². The van der Waals surface area contributed by atoms with E-state index in [4.69, 9.17) is 23.2 Å². The molecule has 4 nitrogen and oxygen atoms in total. The largest absolute Gasteiger partial charge is 0.274 e. The molecule has 0 bridgehead atoms. The minimum Gasteiger partial charge on any atom is -0.274 e. The summed E-state index contributed by atoms with van der Waals surface area (Å²) < 4.78 is 24.9. The molecule has 0 radical (unpaired) electrons. The first-order valence-electron chi connectivity index (χ1n) is 5.76. The lowest BCUT2D eigenvalue weighted by Gasteiger charge is -2.21. The molecule has 0 spiro atoms. The molecule has 0 heterocycles. The first-order valence-corrected chi connectivity index (χ1v) is 8.06. The van der Waals surface area contributed by atoms with Crippen LogP contribution in [0.2, 0.25) is 0 Å². The molecule has 0 aliphatic heterocycles. The summed E-state index contributed by atoms with van der Waals surface area (Å²) in [6.45, 7) is 0. The van der Waals surface area contributed by atoms with Gasteiger partial charge in [-0.25, -0.2) is 8.42 Å². The minimum atomic E-state index is -3.55. The van der Waals surface area contributed by atoms with Crippen LogP contribution >= 0.6 is 23.2 Å². The van der Waals surface area contributed by atoms with E-state index in [-0.39, 0.29) is 0 Å². The summed E-state index contributed by atoms with van der Waals surface area (Å²) in [7, 11) is -3.55. The third-order valence-corrected chi connectivity index (χ3v) is 6.05. The van der Waals surface area contributed by atoms with Gasteiger partial charge in [-0.3, -0.25) is 9.52 Å². The van der Waals surface area contributed by atoms with Crippen LogP contribution in [0.5, 0.6) is 0 Å². The molecule has 1 amide bonds. The average Bonchev–Trinajstić information content (AvgIpc) is 2.89. The van der Waals surface area contributed by atoms with Crippen molar-refractivity contribution < 1.29 is 13.2 Å². The molecule has 2 aliphatic carbocycles. The number of nitrogens with one attached hydrogen (secondary N) is 1. The Labute approximate surface area is 111 Å². The van der Waals surface area contributed by atoms with Gasteiger partial charge in [-0.05, 0) is 19.3 Å². The van der Waals surface area contributed by atoms with Crippen LogP contribution < -0.4 is 4.72 Å². The summed E-state index contributed by atoms with van der Waals surface area (Å²) in [6, 6.07) is 0. The van der Waals surface area contributed by atoms with Crippen molar-refractivity contribution >= 4 is 39.1 Å². The maximum absolute atomic E-state index is 11.9. The number of carbonyl (C=O) groups is 1. The van der Waals surface area contributed by atoms with E-state index < -0.39 is 31.4 Å². The zero-order valence-electron chi connectivity index (χ0n) is 9.29. The van der Waals surface area contributed by atoms with Gasteiger partial charge in [0.1, 0.15) is 4.33 Å². The fourth-order valence-electron chi connectivity index (χ4n) is 2.17. The van der Waals surface area contributed by atoms with E-state index in [9.17, 15) is 13.2 Å². The Balaban J connectivity index is 1.95. The second kappa shape index (κ2) is 4.59. The summed E-state index contributed by atoms with van der Waals surface area (Å²) in [5, 5.41) is -0.445. The maximum Gasteiger partial charge on any atom is 0.239 e. The summed E-state index contributed by atoms with van der Waals surface area (Å²) in [5.74, 6) is -1.16. The van der Waals surface area contributed by atoms with Gasteiger partial charge in [0.2, 0.25) is 15.9 Å². The fourth-order valence-corrected chi connectivity index (χ4v) is 4.22. The van der Waals surface area contributed by atoms with Gasteiger partial charge in [-0.2, -0.15) is 0 Å². The van der Waals surface area contributed by atoms with E-state index in [1.165, 1.54) is 0 Å². The topological polar surface area (TPSA) is 63.2 Å². The molecule has 1 unspecified atom stereocenters. The lowest BCUT2D eigenvalue weighted by atomic mass is 10.0. The summed E-state index contributed by atoms with van der Waals surface area (Å²) in [6.07, 6.45) is 4.44. The highest BCUT2D eigenvalue weighted by Gasteiger charge is 2.57. The SMILES string of the molecule is O=C(NS(=O)(=O)C1CCCCC1)C1CC1(Cl)Cl. The van der Waals surface area contributed by atoms with Crippen LogP contribution in [0.25, 0.3) is 0 Å². The third kappa shape index (κ3) is 3.06. The molecule has 2 fully saturated rings. The van der Waals surface area contributed by atoms with E-state index in [0.29, 0.717) is 19.3 Å². The van der Waals surface area contributed by atoms with Crippen molar-refractivity contribution in [3.8, 4) is 0 Å². The van der Waals surface area contributed by atoms with E-state index in [2.05, 4.69) is 4.72 Å². The molecule has 1 atom stereocenters. The second-order valence-corrected chi connectivity index (χ2v) is 8.29. The van der Waals surface area contributed by atoms with Crippen molar-refractivity contribution in [1.82, 2.24) is 4.72 Å². The number of rotatable bonds is 3. The monoisotopic (exact) mass is 299 g/mol. The van der Waals surface area contributed by atoms with Crippen molar-refractivity contribution in [1.29, 1.82) is 0 Å². The maximum atomic E-state index is 11.9. The van der Waals surface area contributed by atoms with Gasteiger partial charge < -0.3 is 0 Å². The highest BCUT2D eigenvalue weighted by molar-refractivity contribution is 7.90. The van der Waals surface area contributed by atoms with Crippen LogP contribution in [0.4, 0.5) is 0 Å². The number of amides is 1. The zero-order valence-corrected chi connectivity index (χ0v) is 11.6. The van der Waals surface area contributed by atoms with Crippen molar-refractivity contribution in [2.45, 2.75) is 48.1 Å². The Morgan fingerprint density at radius 2 is 1.71 bits per heavy atom. The van der Waals surface area contributed by atoms with Gasteiger partial charge in [-0.1, -0.05) is 19.3 Å². The standard InChI is InChI=1S/C10H15Cl2NO3S/c11-10(12)6-8(10)9(14)13-17(15,16)7-4-2-1-3-5-7/h7-8H,1-6H2,(H,13,14). The fraction of sp³-hybridized carbons (Fsp3) is 0.900. The summed E-state index contributed by atoms with van der Waals surface area (Å²) >= 11 is 11.5. The van der Waals surface area contributed by atoms with Crippen LogP contribution in [-0.2, 0) is 14.8 Å². The Morgan fingerprint density at radius 3 is 2.18 bits per heavy atom. The number of alkyl halides is 2. The number of hydrogen-bond donors (Lipinski definition) is 1. The molecular formula is C10H15Cl2NO3S. The quantitative estimate of drug-likeness (QED) is 0.810. The van der Waals surface area contributed by atoms with Crippen LogP contribution in [0.15, 0.2) is 0 Å². The third-order valence-electron chi connectivity index (χ3n) is 3.38. The van der Waals surface area contributed by atoms with Gasteiger partial charge in [0.15, 0.2) is 0 Å². The lowest BCUT2D eigenvalue weighted by Crippen LogP contribution is -2.40. The normalized spacial score (nSPS) is 28.7. The Morgan fingerprint density at radius 1 is 1.18 bits per heavy atom. The summed E-state index contributed by atoms with van der Waals surface area (Å²) in [4.78, 5) is 11.6. The predicted molar refractivity (Wildman–Crippen MR) is 66.5 cm³/mol. The molecule has 17 heavy (non-hydrogen) atoms. The van der Waals surface area contributed by atoms with Crippen LogP contribution in [-0.4, -0.2) is 23.9 Å². The number of carbonyl (C=O) groups excluding carboxylic acids is 1. The minimum absolute atomic E-state index is 0.322. The smallest absolute Gasteiger partial charge is 0.239 e. The molecule has 0 aromatic heterocycles. The van der Waals surface area contributed by atoms with Crippen molar-refractivity contribution in [3.05, 3.63) is 0 Å². The van der Waals surface area contributed by atoms with Crippen LogP contribution in [0, 0.1) is 5.92 Å². The molecule has 0 aromatic carbocycles. The first-order chi connectivity index (χ1) is 7.83. The first kappa shape index (κ1) is 13.4. The molecule has 0 saturated heterocycles. The molecule has 1 N–H and O–H groups in total. The number of halogens is 2. The van der Waals surface area contributed by atoms with Crippen molar-refractivity contribution in [3.63, 3.8) is 0 Å². The van der Waals surface area contributed by atoms with E-state index in [0.717, 1.165) is 19.3 Å². The predicted octanol–water partition coefficient (Wildman–Crippen LogP) is 1.96. The second-order valence-electron chi connectivity index (χ2n) is 4.79. The molecule has 2 saturated carbocycles. The van der Waals surface area contributed by atoms with Gasteiger partial charge >= 0.3 is 0 Å². The lowest BCUT2D eigenvalue weighted by molar-refractivity contribution is -0.120. The molecule has 2 aliphatic rings. The zero-order chi connectivity index (χ0) is 12.7. The van der Waals surface area contributed by atoms with Gasteiger partial charge in [0.05, 0.1) is 11.2 Å². The number of hydrogen-bond acceptors (Lipinski definition) is 3. The van der Waals surface area contributed by atoms with E-state index >= 15 is 0 Å². The molecule has 2 rings (SSSR count). The average molecular weight is 300 g/mol. The Kier molecular flexibility index (Phi) is 3.63. The summed E-state index contributed by atoms with van der Waals surface area (Å²) in [5.41, 5.74) is 0. The van der Waals surface area contributed by atoms with Crippen LogP contribution in [0.3, 0.4) is 0 Å². The Hall–Kier alpha value is -0.000000000000000111. The van der Waals surface area contributed by atoms with E-state index in [1.807, 2.05) is 0 Å². The molecule has 98 valence electrons. The number of sulfonamides is 1. The van der Waals surface area contributed by atoms with Gasteiger partial charge in [0, 0.05) is 0 Å².